The van der Waals surface area contributed by atoms with Crippen molar-refractivity contribution >= 4 is 16.9 Å². The largest absolute Gasteiger partial charge is 0.481 e. The van der Waals surface area contributed by atoms with Crippen molar-refractivity contribution in [2.75, 3.05) is 0 Å². The van der Waals surface area contributed by atoms with Gasteiger partial charge in [-0.1, -0.05) is 6.92 Å². The van der Waals surface area contributed by atoms with E-state index in [1.807, 2.05) is 13.8 Å². The third-order valence-electron chi connectivity index (χ3n) is 3.80. The maximum atomic E-state index is 13.8. The molecule has 2 aromatic rings. The maximum absolute atomic E-state index is 13.8. The van der Waals surface area contributed by atoms with E-state index in [9.17, 15) is 14.3 Å². The lowest BCUT2D eigenvalue weighted by atomic mass is 9.90. The number of nitrogens with zero attached hydrogens (tertiary/aromatic N) is 1. The van der Waals surface area contributed by atoms with E-state index in [0.29, 0.717) is 22.0 Å². The van der Waals surface area contributed by atoms with Crippen molar-refractivity contribution in [3.05, 3.63) is 40.3 Å². The molecule has 0 aliphatic carbocycles. The number of benzene rings is 1. The topological polar surface area (TPSA) is 50.2 Å². The van der Waals surface area contributed by atoms with Crippen molar-refractivity contribution in [3.63, 3.8) is 0 Å². The lowest BCUT2D eigenvalue weighted by Crippen LogP contribution is -2.12. The van der Waals surface area contributed by atoms with E-state index in [2.05, 4.69) is 4.98 Å². The van der Waals surface area contributed by atoms with Crippen LogP contribution in [0.1, 0.15) is 42.1 Å². The second-order valence-electron chi connectivity index (χ2n) is 5.13. The highest BCUT2D eigenvalue weighted by atomic mass is 19.1. The highest BCUT2D eigenvalue weighted by Crippen LogP contribution is 2.31. The highest BCUT2D eigenvalue weighted by Gasteiger charge is 2.22. The zero-order valence-corrected chi connectivity index (χ0v) is 12.1. The monoisotopic (exact) mass is 275 g/mol. The Bertz CT molecular complexity index is 695. The molecular formula is C16H18FNO2. The molecule has 1 aromatic carbocycles. The van der Waals surface area contributed by atoms with Crippen LogP contribution in [0, 0.1) is 19.7 Å². The number of carbonyl (C=O) groups is 1. The number of aliphatic carboxylic acids is 1. The predicted octanol–water partition coefficient (Wildman–Crippen LogP) is 3.74. The van der Waals surface area contributed by atoms with Crippen molar-refractivity contribution in [2.24, 2.45) is 0 Å². The first-order valence-corrected chi connectivity index (χ1v) is 6.68. The number of hydrogen-bond donors (Lipinski definition) is 1. The van der Waals surface area contributed by atoms with E-state index in [4.69, 9.17) is 0 Å². The van der Waals surface area contributed by atoms with Gasteiger partial charge in [-0.25, -0.2) is 4.39 Å². The summed E-state index contributed by atoms with van der Waals surface area (Å²) < 4.78 is 13.8. The molecule has 3 nitrogen and oxygen atoms in total. The van der Waals surface area contributed by atoms with Crippen LogP contribution in [0.15, 0.2) is 12.1 Å². The summed E-state index contributed by atoms with van der Waals surface area (Å²) in [5.41, 5.74) is 3.56. The molecule has 1 aromatic heterocycles. The van der Waals surface area contributed by atoms with Gasteiger partial charge in [0.1, 0.15) is 5.82 Å². The van der Waals surface area contributed by atoms with E-state index in [-0.39, 0.29) is 5.82 Å². The number of aryl methyl sites for hydroxylation is 2. The van der Waals surface area contributed by atoms with Crippen molar-refractivity contribution < 1.29 is 14.3 Å². The molecule has 2 rings (SSSR count). The standard InChI is InChI=1S/C16H18FNO2/c1-5-13-9(3)15(10(4)16(19)20)11-7-12(17)8(2)6-14(11)18-13/h6-7,10H,5H2,1-4H3,(H,19,20). The Morgan fingerprint density at radius 1 is 1.40 bits per heavy atom. The number of fused-ring (bicyclic) bond motifs is 1. The van der Waals surface area contributed by atoms with E-state index >= 15 is 0 Å². The Labute approximate surface area is 117 Å². The second-order valence-corrected chi connectivity index (χ2v) is 5.13. The molecule has 0 saturated heterocycles. The molecular weight excluding hydrogens is 257 g/mol. The fourth-order valence-corrected chi connectivity index (χ4v) is 2.59. The fourth-order valence-electron chi connectivity index (χ4n) is 2.59. The molecule has 1 N–H and O–H groups in total. The number of carboxylic acid groups (broad SMARTS) is 1. The third kappa shape index (κ3) is 2.26. The van der Waals surface area contributed by atoms with Crippen LogP contribution in [-0.2, 0) is 11.2 Å². The summed E-state index contributed by atoms with van der Waals surface area (Å²) in [6, 6.07) is 3.08. The Kier molecular flexibility index (Phi) is 3.75. The van der Waals surface area contributed by atoms with Gasteiger partial charge in [-0.2, -0.15) is 0 Å². The van der Waals surface area contributed by atoms with E-state index in [1.54, 1.807) is 19.9 Å². The Morgan fingerprint density at radius 2 is 2.05 bits per heavy atom. The van der Waals surface area contributed by atoms with Crippen LogP contribution in [0.2, 0.25) is 0 Å². The molecule has 4 heteroatoms. The molecule has 0 radical (unpaired) electrons. The van der Waals surface area contributed by atoms with E-state index in [1.165, 1.54) is 6.07 Å². The quantitative estimate of drug-likeness (QED) is 0.928. The van der Waals surface area contributed by atoms with Crippen molar-refractivity contribution in [2.45, 2.75) is 40.0 Å². The SMILES string of the molecule is CCc1nc2cc(C)c(F)cc2c(C(C)C(=O)O)c1C. The van der Waals surface area contributed by atoms with Crippen LogP contribution in [0.25, 0.3) is 10.9 Å². The first kappa shape index (κ1) is 14.4. The van der Waals surface area contributed by atoms with Gasteiger partial charge in [-0.3, -0.25) is 9.78 Å². The van der Waals surface area contributed by atoms with Crippen LogP contribution < -0.4 is 0 Å². The van der Waals surface area contributed by atoms with Crippen LogP contribution in [-0.4, -0.2) is 16.1 Å². The Balaban J connectivity index is 2.90. The molecule has 0 bridgehead atoms. The summed E-state index contributed by atoms with van der Waals surface area (Å²) in [6.45, 7) is 7.15. The maximum Gasteiger partial charge on any atom is 0.310 e. The molecule has 1 atom stereocenters. The van der Waals surface area contributed by atoms with Gasteiger partial charge in [0.05, 0.1) is 11.4 Å². The van der Waals surface area contributed by atoms with Crippen LogP contribution in [0.5, 0.6) is 0 Å². The molecule has 0 fully saturated rings. The van der Waals surface area contributed by atoms with Crippen molar-refractivity contribution in [1.29, 1.82) is 0 Å². The van der Waals surface area contributed by atoms with Gasteiger partial charge in [0, 0.05) is 11.1 Å². The number of carboxylic acids is 1. The van der Waals surface area contributed by atoms with Gasteiger partial charge in [-0.15, -0.1) is 0 Å². The minimum Gasteiger partial charge on any atom is -0.481 e. The van der Waals surface area contributed by atoms with Gasteiger partial charge < -0.3 is 5.11 Å². The number of halogens is 1. The van der Waals surface area contributed by atoms with Crippen LogP contribution in [0.3, 0.4) is 0 Å². The average Bonchev–Trinajstić information content (AvgIpc) is 2.39. The molecule has 1 unspecified atom stereocenters. The summed E-state index contributed by atoms with van der Waals surface area (Å²) in [5, 5.41) is 9.89. The molecule has 0 saturated carbocycles. The van der Waals surface area contributed by atoms with E-state index < -0.39 is 11.9 Å². The summed E-state index contributed by atoms with van der Waals surface area (Å²) in [5.74, 6) is -1.93. The van der Waals surface area contributed by atoms with Gasteiger partial charge in [0.15, 0.2) is 0 Å². The van der Waals surface area contributed by atoms with Crippen LogP contribution in [0.4, 0.5) is 4.39 Å². The molecule has 20 heavy (non-hydrogen) atoms. The minimum absolute atomic E-state index is 0.332. The molecule has 0 aliphatic rings. The van der Waals surface area contributed by atoms with Gasteiger partial charge in [-0.05, 0) is 56.0 Å². The molecule has 0 amide bonds. The first-order valence-electron chi connectivity index (χ1n) is 6.68. The molecule has 0 spiro atoms. The van der Waals surface area contributed by atoms with Crippen molar-refractivity contribution in [3.8, 4) is 0 Å². The minimum atomic E-state index is -0.913. The highest BCUT2D eigenvalue weighted by molar-refractivity contribution is 5.90. The van der Waals surface area contributed by atoms with Gasteiger partial charge >= 0.3 is 5.97 Å². The fraction of sp³-hybridized carbons (Fsp3) is 0.375. The first-order chi connectivity index (χ1) is 9.36. The lowest BCUT2D eigenvalue weighted by molar-refractivity contribution is -0.138. The number of hydrogen-bond acceptors (Lipinski definition) is 2. The number of aromatic nitrogens is 1. The molecule has 0 aliphatic heterocycles. The summed E-state index contributed by atoms with van der Waals surface area (Å²) >= 11 is 0. The number of rotatable bonds is 3. The van der Waals surface area contributed by atoms with Crippen molar-refractivity contribution in [1.82, 2.24) is 4.98 Å². The van der Waals surface area contributed by atoms with Gasteiger partial charge in [0.25, 0.3) is 0 Å². The normalized spacial score (nSPS) is 12.7. The summed E-state index contributed by atoms with van der Waals surface area (Å²) in [6.07, 6.45) is 0.720. The smallest absolute Gasteiger partial charge is 0.310 e. The molecule has 1 heterocycles. The van der Waals surface area contributed by atoms with E-state index in [0.717, 1.165) is 17.7 Å². The van der Waals surface area contributed by atoms with Crippen LogP contribution >= 0.6 is 0 Å². The Morgan fingerprint density at radius 3 is 2.60 bits per heavy atom. The zero-order chi connectivity index (χ0) is 15.0. The predicted molar refractivity (Wildman–Crippen MR) is 76.6 cm³/mol. The average molecular weight is 275 g/mol. The zero-order valence-electron chi connectivity index (χ0n) is 12.1. The summed E-state index contributed by atoms with van der Waals surface area (Å²) in [7, 11) is 0. The lowest BCUT2D eigenvalue weighted by Gasteiger charge is -2.17. The summed E-state index contributed by atoms with van der Waals surface area (Å²) in [4.78, 5) is 15.9. The third-order valence-corrected chi connectivity index (χ3v) is 3.80. The number of pyridine rings is 1. The van der Waals surface area contributed by atoms with Gasteiger partial charge in [0.2, 0.25) is 0 Å². The molecule has 106 valence electrons. The Hall–Kier alpha value is -1.97. The second kappa shape index (κ2) is 5.19.